The molecule has 3 rings (SSSR count). The molecule has 2 heterocycles. The number of ether oxygens (including phenoxy) is 1. The molecule has 2 fully saturated rings. The Balaban J connectivity index is 1.50. The summed E-state index contributed by atoms with van der Waals surface area (Å²) in [6, 6.07) is 9.40. The van der Waals surface area contributed by atoms with Crippen LogP contribution in [0.4, 0.5) is 0 Å². The van der Waals surface area contributed by atoms with E-state index in [0.717, 1.165) is 38.8 Å². The summed E-state index contributed by atoms with van der Waals surface area (Å²) in [6.45, 7) is 4.32. The molecule has 0 radical (unpaired) electrons. The molecule has 2 aliphatic heterocycles. The number of nitrogens with zero attached hydrogens (tertiary/aromatic N) is 3. The first kappa shape index (κ1) is 21.3. The van der Waals surface area contributed by atoms with Crippen LogP contribution in [0, 0.1) is 17.2 Å². The molecule has 1 atom stereocenters. The van der Waals surface area contributed by atoms with Crippen LogP contribution in [-0.2, 0) is 9.53 Å². The van der Waals surface area contributed by atoms with Gasteiger partial charge in [0.2, 0.25) is 5.91 Å². The van der Waals surface area contributed by atoms with Gasteiger partial charge in [-0.25, -0.2) is 0 Å². The largest absolute Gasteiger partial charge is 0.383 e. The highest BCUT2D eigenvalue weighted by Gasteiger charge is 2.32. The van der Waals surface area contributed by atoms with Crippen molar-refractivity contribution in [3.8, 4) is 6.07 Å². The van der Waals surface area contributed by atoms with Crippen molar-refractivity contribution < 1.29 is 14.3 Å². The lowest BCUT2D eigenvalue weighted by Crippen LogP contribution is -2.51. The quantitative estimate of drug-likeness (QED) is 0.737. The van der Waals surface area contributed by atoms with E-state index < -0.39 is 0 Å². The second kappa shape index (κ2) is 10.4. The molecule has 0 aliphatic carbocycles. The van der Waals surface area contributed by atoms with Gasteiger partial charge in [-0.3, -0.25) is 14.5 Å². The number of methoxy groups -OCH3 is 1. The summed E-state index contributed by atoms with van der Waals surface area (Å²) in [5.74, 6) is 0.153. The van der Waals surface area contributed by atoms with Gasteiger partial charge in [-0.05, 0) is 50.4 Å². The minimum absolute atomic E-state index is 0.00501. The maximum atomic E-state index is 12.8. The molecule has 0 unspecified atom stereocenters. The second-order valence-electron chi connectivity index (χ2n) is 7.83. The van der Waals surface area contributed by atoms with Gasteiger partial charge in [-0.15, -0.1) is 0 Å². The Morgan fingerprint density at radius 3 is 2.76 bits per heavy atom. The van der Waals surface area contributed by atoms with Gasteiger partial charge in [-0.2, -0.15) is 5.26 Å². The standard InChI is InChI=1S/C22H30N4O3/c1-29-13-9-24-21(27)19-6-3-10-26(16-19)20-7-11-25(12-8-20)22(28)18-5-2-4-17(14-18)15-23/h2,4-5,14,19-20H,3,6-13,16H2,1H3,(H,24,27)/t19-/m0/s1. The number of piperidine rings is 2. The Bertz CT molecular complexity index is 753. The average Bonchev–Trinajstić information content (AvgIpc) is 2.79. The van der Waals surface area contributed by atoms with Crippen LogP contribution < -0.4 is 5.32 Å². The van der Waals surface area contributed by atoms with Gasteiger partial charge in [0.25, 0.3) is 5.91 Å². The van der Waals surface area contributed by atoms with Crippen molar-refractivity contribution in [2.75, 3.05) is 46.4 Å². The van der Waals surface area contributed by atoms with Gasteiger partial charge in [0.15, 0.2) is 0 Å². The van der Waals surface area contributed by atoms with Gasteiger partial charge >= 0.3 is 0 Å². The van der Waals surface area contributed by atoms with Crippen LogP contribution in [0.2, 0.25) is 0 Å². The van der Waals surface area contributed by atoms with Crippen molar-refractivity contribution in [1.29, 1.82) is 5.26 Å². The summed E-state index contributed by atoms with van der Waals surface area (Å²) < 4.78 is 5.00. The normalized spacial score (nSPS) is 20.8. The number of hydrogen-bond donors (Lipinski definition) is 1. The molecular weight excluding hydrogens is 368 g/mol. The van der Waals surface area contributed by atoms with Crippen LogP contribution >= 0.6 is 0 Å². The number of nitriles is 1. The van der Waals surface area contributed by atoms with Crippen molar-refractivity contribution in [2.45, 2.75) is 31.7 Å². The number of carbonyl (C=O) groups excluding carboxylic acids is 2. The molecular formula is C22H30N4O3. The molecule has 1 aromatic rings. The molecule has 2 amide bonds. The number of likely N-dealkylation sites (tertiary alicyclic amines) is 2. The maximum absolute atomic E-state index is 12.8. The third kappa shape index (κ3) is 5.55. The van der Waals surface area contributed by atoms with Crippen molar-refractivity contribution >= 4 is 11.8 Å². The summed E-state index contributed by atoms with van der Waals surface area (Å²) in [6.07, 6.45) is 3.80. The van der Waals surface area contributed by atoms with Gasteiger partial charge in [-0.1, -0.05) is 6.07 Å². The average molecular weight is 399 g/mol. The molecule has 29 heavy (non-hydrogen) atoms. The van der Waals surface area contributed by atoms with E-state index in [0.29, 0.717) is 43.4 Å². The summed E-state index contributed by atoms with van der Waals surface area (Å²) in [7, 11) is 1.63. The molecule has 2 aliphatic rings. The van der Waals surface area contributed by atoms with E-state index in [1.54, 1.807) is 31.4 Å². The molecule has 0 bridgehead atoms. The molecule has 1 aromatic carbocycles. The van der Waals surface area contributed by atoms with Gasteiger partial charge in [0.05, 0.1) is 24.2 Å². The SMILES string of the molecule is COCCNC(=O)[C@H]1CCCN(C2CCN(C(=O)c3cccc(C#N)c3)CC2)C1. The minimum atomic E-state index is -0.00501. The molecule has 2 saturated heterocycles. The summed E-state index contributed by atoms with van der Waals surface area (Å²) in [5, 5.41) is 12.0. The smallest absolute Gasteiger partial charge is 0.253 e. The monoisotopic (exact) mass is 398 g/mol. The topological polar surface area (TPSA) is 85.7 Å². The molecule has 0 saturated carbocycles. The zero-order valence-electron chi connectivity index (χ0n) is 17.1. The fraction of sp³-hybridized carbons (Fsp3) is 0.591. The first-order chi connectivity index (χ1) is 14.1. The molecule has 0 spiro atoms. The molecule has 7 heteroatoms. The van der Waals surface area contributed by atoms with Crippen LogP contribution in [0.25, 0.3) is 0 Å². The lowest BCUT2D eigenvalue weighted by molar-refractivity contribution is -0.127. The molecule has 156 valence electrons. The van der Waals surface area contributed by atoms with E-state index in [9.17, 15) is 9.59 Å². The third-order valence-corrected chi connectivity index (χ3v) is 5.94. The number of benzene rings is 1. The zero-order valence-corrected chi connectivity index (χ0v) is 17.1. The van der Waals surface area contributed by atoms with E-state index >= 15 is 0 Å². The number of amides is 2. The van der Waals surface area contributed by atoms with Crippen LogP contribution in [0.1, 0.15) is 41.6 Å². The predicted octanol–water partition coefficient (Wildman–Crippen LogP) is 1.64. The fourth-order valence-corrected chi connectivity index (χ4v) is 4.31. The number of nitrogens with one attached hydrogen (secondary N) is 1. The first-order valence-electron chi connectivity index (χ1n) is 10.4. The first-order valence-corrected chi connectivity index (χ1v) is 10.4. The Hall–Kier alpha value is -2.43. The Kier molecular flexibility index (Phi) is 7.62. The van der Waals surface area contributed by atoms with E-state index in [1.165, 1.54) is 0 Å². The summed E-state index contributed by atoms with van der Waals surface area (Å²) in [4.78, 5) is 29.5. The highest BCUT2D eigenvalue weighted by atomic mass is 16.5. The number of carbonyl (C=O) groups is 2. The maximum Gasteiger partial charge on any atom is 0.253 e. The zero-order chi connectivity index (χ0) is 20.6. The van der Waals surface area contributed by atoms with Crippen molar-refractivity contribution in [3.63, 3.8) is 0 Å². The van der Waals surface area contributed by atoms with Gasteiger partial charge in [0, 0.05) is 44.9 Å². The molecule has 0 aromatic heterocycles. The van der Waals surface area contributed by atoms with Gasteiger partial charge < -0.3 is 15.0 Å². The van der Waals surface area contributed by atoms with Crippen molar-refractivity contribution in [3.05, 3.63) is 35.4 Å². The highest BCUT2D eigenvalue weighted by molar-refractivity contribution is 5.94. The second-order valence-corrected chi connectivity index (χ2v) is 7.83. The van der Waals surface area contributed by atoms with Crippen molar-refractivity contribution in [1.82, 2.24) is 15.1 Å². The number of rotatable bonds is 6. The van der Waals surface area contributed by atoms with Crippen LogP contribution in [0.3, 0.4) is 0 Å². The van der Waals surface area contributed by atoms with E-state index in [2.05, 4.69) is 16.3 Å². The molecule has 7 nitrogen and oxygen atoms in total. The van der Waals surface area contributed by atoms with Crippen molar-refractivity contribution in [2.24, 2.45) is 5.92 Å². The Morgan fingerprint density at radius 2 is 2.03 bits per heavy atom. The van der Waals surface area contributed by atoms with E-state index in [4.69, 9.17) is 10.00 Å². The lowest BCUT2D eigenvalue weighted by Gasteiger charge is -2.42. The number of hydrogen-bond acceptors (Lipinski definition) is 5. The lowest BCUT2D eigenvalue weighted by atomic mass is 9.93. The van der Waals surface area contributed by atoms with E-state index in [1.807, 2.05) is 4.90 Å². The summed E-state index contributed by atoms with van der Waals surface area (Å²) >= 11 is 0. The molecule has 1 N–H and O–H groups in total. The van der Waals surface area contributed by atoms with E-state index in [-0.39, 0.29) is 17.7 Å². The minimum Gasteiger partial charge on any atom is -0.383 e. The Morgan fingerprint density at radius 1 is 1.24 bits per heavy atom. The predicted molar refractivity (Wildman–Crippen MR) is 109 cm³/mol. The third-order valence-electron chi connectivity index (χ3n) is 5.94. The van der Waals surface area contributed by atoms with Crippen LogP contribution in [-0.4, -0.2) is 74.1 Å². The Labute approximate surface area is 172 Å². The highest BCUT2D eigenvalue weighted by Crippen LogP contribution is 2.25. The fourth-order valence-electron chi connectivity index (χ4n) is 4.31. The van der Waals surface area contributed by atoms with Gasteiger partial charge in [0.1, 0.15) is 0 Å². The van der Waals surface area contributed by atoms with Crippen LogP contribution in [0.5, 0.6) is 0 Å². The van der Waals surface area contributed by atoms with Crippen LogP contribution in [0.15, 0.2) is 24.3 Å². The summed E-state index contributed by atoms with van der Waals surface area (Å²) in [5.41, 5.74) is 1.09.